The lowest BCUT2D eigenvalue weighted by Crippen LogP contribution is -1.98. The third-order valence-corrected chi connectivity index (χ3v) is 5.31. The van der Waals surface area contributed by atoms with Crippen LogP contribution in [0.15, 0.2) is 72.8 Å². The van der Waals surface area contributed by atoms with Gasteiger partial charge in [0.2, 0.25) is 5.82 Å². The largest absolute Gasteiger partial charge is 0.508 e. The van der Waals surface area contributed by atoms with Crippen molar-refractivity contribution in [2.45, 2.75) is 6.92 Å². The Morgan fingerprint density at radius 1 is 0.647 bits per heavy atom. The monoisotopic (exact) mass is 464 g/mol. The maximum Gasteiger partial charge on any atom is 0.201 e. The van der Waals surface area contributed by atoms with E-state index in [0.717, 1.165) is 0 Å². The molecular weight excluding hydrogens is 444 g/mol. The molecule has 1 N–H and O–H groups in total. The minimum absolute atomic E-state index is 0.0330. The summed E-state index contributed by atoms with van der Waals surface area (Å²) in [6.45, 7) is 1.91. The highest BCUT2D eigenvalue weighted by Gasteiger charge is 2.16. The lowest BCUT2D eigenvalue weighted by atomic mass is 10.0. The van der Waals surface area contributed by atoms with Crippen LogP contribution in [0.3, 0.4) is 0 Å². The zero-order valence-electron chi connectivity index (χ0n) is 18.2. The summed E-state index contributed by atoms with van der Waals surface area (Å²) in [7, 11) is 0. The van der Waals surface area contributed by atoms with Gasteiger partial charge in [0.15, 0.2) is 23.2 Å². The van der Waals surface area contributed by atoms with Crippen LogP contribution in [0.2, 0.25) is 0 Å². The lowest BCUT2D eigenvalue weighted by Gasteiger charge is -2.09. The molecule has 0 aromatic heterocycles. The Kier molecular flexibility index (Phi) is 6.68. The van der Waals surface area contributed by atoms with Crippen LogP contribution in [-0.2, 0) is 0 Å². The van der Waals surface area contributed by atoms with Gasteiger partial charge < -0.3 is 9.84 Å². The maximum atomic E-state index is 14.6. The number of ether oxygens (including phenoxy) is 1. The molecule has 4 aromatic carbocycles. The average molecular weight is 464 g/mol. The highest BCUT2D eigenvalue weighted by molar-refractivity contribution is 5.74. The molecule has 0 saturated carbocycles. The standard InChI is InChI=1S/C28H20F4O2/c1-2-34-24-16-15-23(27(31)28(24)32)18-6-3-17(4-7-18)5-8-20-11-14-22(26(30)25(20)29)19-9-12-21(33)13-10-19/h3-16,33H,2H2,1H3/b8-5+. The van der Waals surface area contributed by atoms with Crippen LogP contribution >= 0.6 is 0 Å². The quantitative estimate of drug-likeness (QED) is 0.233. The second-order valence-corrected chi connectivity index (χ2v) is 7.50. The van der Waals surface area contributed by atoms with E-state index in [0.29, 0.717) is 16.7 Å². The van der Waals surface area contributed by atoms with Gasteiger partial charge in [0.25, 0.3) is 0 Å². The minimum Gasteiger partial charge on any atom is -0.508 e. The Bertz CT molecular complexity index is 1340. The summed E-state index contributed by atoms with van der Waals surface area (Å²) in [6, 6.07) is 18.1. The number of phenols is 1. The number of phenolic OH excluding ortho intramolecular Hbond substituents is 1. The van der Waals surface area contributed by atoms with Gasteiger partial charge in [-0.15, -0.1) is 0 Å². The summed E-state index contributed by atoms with van der Waals surface area (Å²) in [4.78, 5) is 0. The molecular formula is C28H20F4O2. The molecule has 0 aliphatic rings. The molecule has 34 heavy (non-hydrogen) atoms. The predicted molar refractivity (Wildman–Crippen MR) is 125 cm³/mol. The van der Waals surface area contributed by atoms with E-state index in [1.807, 2.05) is 0 Å². The molecule has 0 aliphatic heterocycles. The molecule has 0 saturated heterocycles. The fraction of sp³-hybridized carbons (Fsp3) is 0.0714. The molecule has 0 bridgehead atoms. The second kappa shape index (κ2) is 9.83. The van der Waals surface area contributed by atoms with Crippen LogP contribution in [0, 0.1) is 23.3 Å². The Hall–Kier alpha value is -4.06. The van der Waals surface area contributed by atoms with Crippen LogP contribution < -0.4 is 4.74 Å². The van der Waals surface area contributed by atoms with Gasteiger partial charge in [-0.05, 0) is 47.9 Å². The number of rotatable bonds is 6. The van der Waals surface area contributed by atoms with Crippen molar-refractivity contribution in [3.63, 3.8) is 0 Å². The molecule has 0 atom stereocenters. The lowest BCUT2D eigenvalue weighted by molar-refractivity contribution is 0.314. The van der Waals surface area contributed by atoms with Gasteiger partial charge in [0, 0.05) is 16.7 Å². The third kappa shape index (κ3) is 4.66. The first-order chi connectivity index (χ1) is 16.4. The fourth-order valence-electron chi connectivity index (χ4n) is 3.54. The summed E-state index contributed by atoms with van der Waals surface area (Å²) in [5.41, 5.74) is 1.81. The molecule has 2 nitrogen and oxygen atoms in total. The van der Waals surface area contributed by atoms with Crippen molar-refractivity contribution in [1.29, 1.82) is 0 Å². The van der Waals surface area contributed by atoms with Gasteiger partial charge in [-0.1, -0.05) is 60.7 Å². The zero-order valence-corrected chi connectivity index (χ0v) is 18.2. The van der Waals surface area contributed by atoms with Gasteiger partial charge in [-0.25, -0.2) is 13.2 Å². The molecule has 4 rings (SSSR count). The Morgan fingerprint density at radius 2 is 1.21 bits per heavy atom. The fourth-order valence-corrected chi connectivity index (χ4v) is 3.54. The maximum absolute atomic E-state index is 14.6. The smallest absolute Gasteiger partial charge is 0.201 e. The number of hydrogen-bond acceptors (Lipinski definition) is 2. The summed E-state index contributed by atoms with van der Waals surface area (Å²) in [5.74, 6) is -4.14. The van der Waals surface area contributed by atoms with E-state index in [9.17, 15) is 22.7 Å². The molecule has 0 amide bonds. The van der Waals surface area contributed by atoms with Crippen molar-refractivity contribution in [3.05, 3.63) is 107 Å². The van der Waals surface area contributed by atoms with Crippen molar-refractivity contribution >= 4 is 12.2 Å². The van der Waals surface area contributed by atoms with E-state index in [2.05, 4.69) is 0 Å². The van der Waals surface area contributed by atoms with E-state index >= 15 is 0 Å². The van der Waals surface area contributed by atoms with Gasteiger partial charge in [0.1, 0.15) is 5.75 Å². The summed E-state index contributed by atoms with van der Waals surface area (Å²) >= 11 is 0. The first-order valence-corrected chi connectivity index (χ1v) is 10.6. The molecule has 4 aromatic rings. The third-order valence-electron chi connectivity index (χ3n) is 5.31. The van der Waals surface area contributed by atoms with E-state index < -0.39 is 23.3 Å². The average Bonchev–Trinajstić information content (AvgIpc) is 2.84. The van der Waals surface area contributed by atoms with Crippen LogP contribution in [-0.4, -0.2) is 11.7 Å². The molecule has 0 fully saturated rings. The van der Waals surface area contributed by atoms with Crippen LogP contribution in [0.1, 0.15) is 18.1 Å². The Balaban J connectivity index is 1.55. The molecule has 172 valence electrons. The van der Waals surface area contributed by atoms with Gasteiger partial charge >= 0.3 is 0 Å². The highest BCUT2D eigenvalue weighted by Crippen LogP contribution is 2.31. The van der Waals surface area contributed by atoms with E-state index in [1.54, 1.807) is 37.3 Å². The van der Waals surface area contributed by atoms with Crippen molar-refractivity contribution in [1.82, 2.24) is 0 Å². The van der Waals surface area contributed by atoms with E-state index in [4.69, 9.17) is 4.74 Å². The van der Waals surface area contributed by atoms with Crippen LogP contribution in [0.5, 0.6) is 11.5 Å². The number of aromatic hydroxyl groups is 1. The van der Waals surface area contributed by atoms with Gasteiger partial charge in [-0.3, -0.25) is 0 Å². The number of benzene rings is 4. The zero-order chi connectivity index (χ0) is 24.2. The molecule has 0 radical (unpaired) electrons. The highest BCUT2D eigenvalue weighted by atomic mass is 19.2. The first kappa shape index (κ1) is 23.1. The topological polar surface area (TPSA) is 29.5 Å². The van der Waals surface area contributed by atoms with Gasteiger partial charge in [-0.2, -0.15) is 4.39 Å². The number of hydrogen-bond donors (Lipinski definition) is 1. The number of halogens is 4. The van der Waals surface area contributed by atoms with E-state index in [-0.39, 0.29) is 34.8 Å². The summed E-state index contributed by atoms with van der Waals surface area (Å²) < 4.78 is 62.9. The van der Waals surface area contributed by atoms with Crippen molar-refractivity contribution < 1.29 is 27.4 Å². The molecule has 0 unspecified atom stereocenters. The van der Waals surface area contributed by atoms with Gasteiger partial charge in [0.05, 0.1) is 6.61 Å². The minimum atomic E-state index is -1.04. The van der Waals surface area contributed by atoms with Crippen LogP contribution in [0.4, 0.5) is 17.6 Å². The summed E-state index contributed by atoms with van der Waals surface area (Å²) in [5, 5.41) is 9.37. The van der Waals surface area contributed by atoms with Crippen molar-refractivity contribution in [3.8, 4) is 33.8 Å². The second-order valence-electron chi connectivity index (χ2n) is 7.50. The van der Waals surface area contributed by atoms with E-state index in [1.165, 1.54) is 54.6 Å². The summed E-state index contributed by atoms with van der Waals surface area (Å²) in [6.07, 6.45) is 3.03. The normalized spacial score (nSPS) is 11.2. The van der Waals surface area contributed by atoms with Crippen LogP contribution in [0.25, 0.3) is 34.4 Å². The first-order valence-electron chi connectivity index (χ1n) is 10.6. The van der Waals surface area contributed by atoms with Crippen molar-refractivity contribution in [2.75, 3.05) is 6.61 Å². The molecule has 0 aliphatic carbocycles. The molecule has 6 heteroatoms. The molecule has 0 spiro atoms. The Labute approximate surface area is 194 Å². The Morgan fingerprint density at radius 3 is 1.82 bits per heavy atom. The predicted octanol–water partition coefficient (Wildman–Crippen LogP) is 7.85. The molecule has 0 heterocycles. The van der Waals surface area contributed by atoms with Crippen molar-refractivity contribution in [2.24, 2.45) is 0 Å². The SMILES string of the molecule is CCOc1ccc(-c2ccc(/C=C/c3ccc(-c4ccc(O)cc4)c(F)c3F)cc2)c(F)c1F.